The largest absolute Gasteiger partial charge is 0.465 e. The van der Waals surface area contributed by atoms with E-state index in [-0.39, 0.29) is 11.4 Å². The number of halogens is 1. The van der Waals surface area contributed by atoms with Gasteiger partial charge in [0, 0.05) is 16.3 Å². The molecule has 0 radical (unpaired) electrons. The number of hydrogen-bond acceptors (Lipinski definition) is 5. The van der Waals surface area contributed by atoms with Gasteiger partial charge in [-0.1, -0.05) is 41.0 Å². The smallest absolute Gasteiger partial charge is 0.345 e. The predicted octanol–water partition coefficient (Wildman–Crippen LogP) is 5.14. The van der Waals surface area contributed by atoms with Gasteiger partial charge in [0.2, 0.25) is 5.88 Å². The van der Waals surface area contributed by atoms with Gasteiger partial charge in [-0.3, -0.25) is 0 Å². The highest BCUT2D eigenvalue weighted by Gasteiger charge is 2.25. The molecule has 1 heterocycles. The van der Waals surface area contributed by atoms with Crippen molar-refractivity contribution in [3.8, 4) is 11.3 Å². The van der Waals surface area contributed by atoms with Gasteiger partial charge < -0.3 is 14.6 Å². The summed E-state index contributed by atoms with van der Waals surface area (Å²) in [5.41, 5.74) is 4.37. The number of ether oxygens (including phenoxy) is 1. The summed E-state index contributed by atoms with van der Waals surface area (Å²) in [5.74, 6) is -0.287. The predicted molar refractivity (Wildman–Crippen MR) is 97.5 cm³/mol. The number of hydrogen-bond donors (Lipinski definition) is 1. The minimum atomic E-state index is -0.529. The molecule has 0 aliphatic heterocycles. The lowest BCUT2D eigenvalue weighted by molar-refractivity contribution is 0.0602. The van der Waals surface area contributed by atoms with Crippen molar-refractivity contribution >= 4 is 29.1 Å². The summed E-state index contributed by atoms with van der Waals surface area (Å²) >= 11 is 5.93. The molecule has 0 saturated carbocycles. The monoisotopic (exact) mass is 356 g/mol. The molecule has 0 unspecified atom stereocenters. The minimum Gasteiger partial charge on any atom is -0.465 e. The summed E-state index contributed by atoms with van der Waals surface area (Å²) in [6.07, 6.45) is 0. The third-order valence-electron chi connectivity index (χ3n) is 4.05. The maximum atomic E-state index is 12.3. The number of nitrogens with zero attached hydrogens (tertiary/aromatic N) is 1. The maximum absolute atomic E-state index is 12.3. The Hall–Kier alpha value is -2.79. The third kappa shape index (κ3) is 3.37. The second-order valence-corrected chi connectivity index (χ2v) is 6.04. The standard InChI is InChI=1S/C19H17ClN2O3/c1-11-5-4-6-15(12(11)2)21-18-16(19(23)24-3)17(22-25-18)13-7-9-14(20)10-8-13/h4-10,21H,1-3H3. The SMILES string of the molecule is COC(=O)c1c(-c2ccc(Cl)cc2)noc1Nc1cccc(C)c1C. The van der Waals surface area contributed by atoms with Crippen molar-refractivity contribution in [3.63, 3.8) is 0 Å². The Morgan fingerprint density at radius 1 is 1.16 bits per heavy atom. The Morgan fingerprint density at radius 2 is 1.88 bits per heavy atom. The number of carbonyl (C=O) groups excluding carboxylic acids is 1. The number of carbonyl (C=O) groups is 1. The van der Waals surface area contributed by atoms with Crippen LogP contribution in [0.1, 0.15) is 21.5 Å². The lowest BCUT2D eigenvalue weighted by Crippen LogP contribution is -2.06. The van der Waals surface area contributed by atoms with E-state index in [0.29, 0.717) is 16.3 Å². The van der Waals surface area contributed by atoms with Crippen LogP contribution in [-0.2, 0) is 4.74 Å². The number of nitrogens with one attached hydrogen (secondary N) is 1. The Kier molecular flexibility index (Phi) is 4.76. The molecule has 0 aliphatic rings. The van der Waals surface area contributed by atoms with E-state index in [1.165, 1.54) is 7.11 Å². The van der Waals surface area contributed by atoms with Crippen molar-refractivity contribution in [2.24, 2.45) is 0 Å². The number of methoxy groups -OCH3 is 1. The zero-order valence-corrected chi connectivity index (χ0v) is 14.8. The quantitative estimate of drug-likeness (QED) is 0.655. The van der Waals surface area contributed by atoms with Crippen molar-refractivity contribution in [3.05, 3.63) is 64.2 Å². The highest BCUT2D eigenvalue weighted by molar-refractivity contribution is 6.30. The summed E-state index contributed by atoms with van der Waals surface area (Å²) in [6.45, 7) is 4.01. The first kappa shape index (κ1) is 17.0. The summed E-state index contributed by atoms with van der Waals surface area (Å²) in [6, 6.07) is 12.9. The summed E-state index contributed by atoms with van der Waals surface area (Å²) < 4.78 is 10.3. The van der Waals surface area contributed by atoms with Crippen LogP contribution in [0.5, 0.6) is 0 Å². The minimum absolute atomic E-state index is 0.241. The second kappa shape index (κ2) is 6.99. The number of benzene rings is 2. The number of aryl methyl sites for hydroxylation is 1. The Bertz CT molecular complexity index is 917. The average molecular weight is 357 g/mol. The molecule has 6 heteroatoms. The normalized spacial score (nSPS) is 10.6. The maximum Gasteiger partial charge on any atom is 0.345 e. The van der Waals surface area contributed by atoms with Crippen molar-refractivity contribution in [2.45, 2.75) is 13.8 Å². The number of esters is 1. The first-order valence-electron chi connectivity index (χ1n) is 7.68. The number of rotatable bonds is 4. The Balaban J connectivity index is 2.07. The molecule has 0 fully saturated rings. The summed E-state index contributed by atoms with van der Waals surface area (Å²) in [4.78, 5) is 12.3. The van der Waals surface area contributed by atoms with Crippen LogP contribution < -0.4 is 5.32 Å². The molecular formula is C19H17ClN2O3. The molecule has 0 aliphatic carbocycles. The van der Waals surface area contributed by atoms with Crippen LogP contribution in [-0.4, -0.2) is 18.2 Å². The zero-order valence-electron chi connectivity index (χ0n) is 14.1. The third-order valence-corrected chi connectivity index (χ3v) is 4.30. The molecule has 2 aromatic carbocycles. The lowest BCUT2D eigenvalue weighted by Gasteiger charge is -2.10. The molecule has 0 spiro atoms. The van der Waals surface area contributed by atoms with E-state index < -0.39 is 5.97 Å². The van der Waals surface area contributed by atoms with E-state index in [1.807, 2.05) is 32.0 Å². The molecule has 0 saturated heterocycles. The number of anilines is 2. The van der Waals surface area contributed by atoms with Crippen molar-refractivity contribution in [1.29, 1.82) is 0 Å². The Labute approximate surface area is 150 Å². The van der Waals surface area contributed by atoms with Crippen molar-refractivity contribution in [2.75, 3.05) is 12.4 Å². The van der Waals surface area contributed by atoms with Gasteiger partial charge in [-0.2, -0.15) is 0 Å². The highest BCUT2D eigenvalue weighted by atomic mass is 35.5. The van der Waals surface area contributed by atoms with Gasteiger partial charge in [0.15, 0.2) is 5.56 Å². The van der Waals surface area contributed by atoms with E-state index in [4.69, 9.17) is 20.9 Å². The molecule has 5 nitrogen and oxygen atoms in total. The van der Waals surface area contributed by atoms with Gasteiger partial charge in [0.1, 0.15) is 5.69 Å². The number of aromatic nitrogens is 1. The molecule has 0 amide bonds. The van der Waals surface area contributed by atoms with Gasteiger partial charge in [0.05, 0.1) is 7.11 Å². The van der Waals surface area contributed by atoms with E-state index in [1.54, 1.807) is 24.3 Å². The van der Waals surface area contributed by atoms with Gasteiger partial charge in [-0.05, 0) is 43.2 Å². The molecule has 1 N–H and O–H groups in total. The average Bonchev–Trinajstić information content (AvgIpc) is 3.02. The van der Waals surface area contributed by atoms with Crippen LogP contribution in [0.4, 0.5) is 11.6 Å². The fourth-order valence-corrected chi connectivity index (χ4v) is 2.61. The highest BCUT2D eigenvalue weighted by Crippen LogP contribution is 2.33. The summed E-state index contributed by atoms with van der Waals surface area (Å²) in [5, 5.41) is 7.79. The van der Waals surface area contributed by atoms with Gasteiger partial charge in [0.25, 0.3) is 0 Å². The van der Waals surface area contributed by atoms with Crippen LogP contribution in [0, 0.1) is 13.8 Å². The summed E-state index contributed by atoms with van der Waals surface area (Å²) in [7, 11) is 1.32. The fraction of sp³-hybridized carbons (Fsp3) is 0.158. The van der Waals surface area contributed by atoms with E-state index >= 15 is 0 Å². The molecule has 1 aromatic heterocycles. The van der Waals surface area contributed by atoms with Crippen LogP contribution in [0.25, 0.3) is 11.3 Å². The molecule has 0 bridgehead atoms. The molecular weight excluding hydrogens is 340 g/mol. The van der Waals surface area contributed by atoms with E-state index in [2.05, 4.69) is 10.5 Å². The van der Waals surface area contributed by atoms with Crippen LogP contribution in [0.15, 0.2) is 47.0 Å². The van der Waals surface area contributed by atoms with Crippen LogP contribution in [0.3, 0.4) is 0 Å². The van der Waals surface area contributed by atoms with Crippen molar-refractivity contribution in [1.82, 2.24) is 5.16 Å². The van der Waals surface area contributed by atoms with Gasteiger partial charge in [-0.15, -0.1) is 0 Å². The molecule has 3 rings (SSSR count). The van der Waals surface area contributed by atoms with Crippen LogP contribution >= 0.6 is 11.6 Å². The van der Waals surface area contributed by atoms with Crippen LogP contribution in [0.2, 0.25) is 5.02 Å². The van der Waals surface area contributed by atoms with E-state index in [9.17, 15) is 4.79 Å². The lowest BCUT2D eigenvalue weighted by atomic mass is 10.1. The van der Waals surface area contributed by atoms with Gasteiger partial charge in [-0.25, -0.2) is 4.79 Å². The molecule has 3 aromatic rings. The first-order valence-corrected chi connectivity index (χ1v) is 8.06. The van der Waals surface area contributed by atoms with Gasteiger partial charge >= 0.3 is 5.97 Å². The molecule has 25 heavy (non-hydrogen) atoms. The second-order valence-electron chi connectivity index (χ2n) is 5.61. The molecule has 128 valence electrons. The van der Waals surface area contributed by atoms with E-state index in [0.717, 1.165) is 16.8 Å². The topological polar surface area (TPSA) is 64.4 Å². The molecule has 0 atom stereocenters. The first-order chi connectivity index (χ1) is 12.0. The fourth-order valence-electron chi connectivity index (χ4n) is 2.48. The zero-order chi connectivity index (χ0) is 18.0. The van der Waals surface area contributed by atoms with Crippen molar-refractivity contribution < 1.29 is 14.1 Å². The Morgan fingerprint density at radius 3 is 2.56 bits per heavy atom.